The summed E-state index contributed by atoms with van der Waals surface area (Å²) in [6, 6.07) is 44.4. The normalized spacial score (nSPS) is 14.8. The van der Waals surface area contributed by atoms with Crippen LogP contribution in [0.15, 0.2) is 128 Å². The first-order valence-electron chi connectivity index (χ1n) is 17.6. The van der Waals surface area contributed by atoms with Crippen LogP contribution in [0.3, 0.4) is 0 Å². The monoisotopic (exact) mass is 635 g/mol. The summed E-state index contributed by atoms with van der Waals surface area (Å²) in [7, 11) is 0. The van der Waals surface area contributed by atoms with Crippen molar-refractivity contribution in [2.75, 3.05) is 0 Å². The SMILES string of the molecule is Cc1cccc(C)c1-n1c(-c2cccc(C(C)(C)c3cccc(-c4ccccn4)c3)c2)nc2ccc3c(c21)CC1(Cc2ccccc2C1)C3. The van der Waals surface area contributed by atoms with Crippen LogP contribution in [-0.2, 0) is 31.1 Å². The Labute approximate surface area is 289 Å². The third-order valence-corrected chi connectivity index (χ3v) is 11.4. The van der Waals surface area contributed by atoms with Gasteiger partial charge in [0, 0.05) is 22.7 Å². The molecule has 0 unspecified atom stereocenters. The highest BCUT2D eigenvalue weighted by Crippen LogP contribution is 2.50. The topological polar surface area (TPSA) is 30.7 Å². The van der Waals surface area contributed by atoms with Crippen LogP contribution in [0.5, 0.6) is 0 Å². The maximum Gasteiger partial charge on any atom is 0.145 e. The lowest BCUT2D eigenvalue weighted by molar-refractivity contribution is 0.327. The largest absolute Gasteiger partial charge is 0.292 e. The van der Waals surface area contributed by atoms with Gasteiger partial charge in [0.1, 0.15) is 5.82 Å². The van der Waals surface area contributed by atoms with Gasteiger partial charge in [0.25, 0.3) is 0 Å². The number of pyridine rings is 1. The standard InChI is InChI=1S/C46H41N3/c1-30-12-9-13-31(2)42(30)49-43-39-29-46(26-34-14-5-6-15-35(34)27-46)28-36(39)21-22-41(43)48-44(49)33-17-11-19-38(25-33)45(3,4)37-18-10-16-32(24-37)40-20-7-8-23-47-40/h5-25H,26-29H2,1-4H3. The van der Waals surface area contributed by atoms with Gasteiger partial charge >= 0.3 is 0 Å². The molecule has 1 spiro atoms. The third kappa shape index (κ3) is 4.86. The van der Waals surface area contributed by atoms with Crippen molar-refractivity contribution in [3.05, 3.63) is 172 Å². The molecule has 0 N–H and O–H groups in total. The van der Waals surface area contributed by atoms with Gasteiger partial charge in [-0.05, 0) is 120 Å². The van der Waals surface area contributed by atoms with E-state index in [1.54, 1.807) is 0 Å². The number of aryl methyl sites for hydroxylation is 2. The summed E-state index contributed by atoms with van der Waals surface area (Å²) >= 11 is 0. The summed E-state index contributed by atoms with van der Waals surface area (Å²) in [5.41, 5.74) is 18.0. The molecule has 0 fully saturated rings. The molecule has 0 atom stereocenters. The molecule has 5 aromatic carbocycles. The predicted molar refractivity (Wildman–Crippen MR) is 201 cm³/mol. The van der Waals surface area contributed by atoms with Crippen LogP contribution < -0.4 is 0 Å². The van der Waals surface area contributed by atoms with Crippen LogP contribution in [0.4, 0.5) is 0 Å². The van der Waals surface area contributed by atoms with E-state index in [0.717, 1.165) is 53.8 Å². The van der Waals surface area contributed by atoms with E-state index in [0.29, 0.717) is 0 Å². The summed E-state index contributed by atoms with van der Waals surface area (Å²) < 4.78 is 2.51. The van der Waals surface area contributed by atoms with E-state index < -0.39 is 0 Å². The van der Waals surface area contributed by atoms with Crippen LogP contribution >= 0.6 is 0 Å². The molecule has 240 valence electrons. The minimum absolute atomic E-state index is 0.235. The molecule has 49 heavy (non-hydrogen) atoms. The summed E-state index contributed by atoms with van der Waals surface area (Å²) in [5.74, 6) is 1.01. The van der Waals surface area contributed by atoms with E-state index in [9.17, 15) is 0 Å². The van der Waals surface area contributed by atoms with Crippen molar-refractivity contribution in [3.8, 4) is 28.3 Å². The van der Waals surface area contributed by atoms with E-state index in [-0.39, 0.29) is 10.8 Å². The highest BCUT2D eigenvalue weighted by molar-refractivity contribution is 5.88. The zero-order valence-corrected chi connectivity index (χ0v) is 28.8. The number of aromatic nitrogens is 3. The van der Waals surface area contributed by atoms with Gasteiger partial charge in [0.15, 0.2) is 0 Å². The molecule has 2 aromatic heterocycles. The van der Waals surface area contributed by atoms with Crippen LogP contribution in [0, 0.1) is 19.3 Å². The van der Waals surface area contributed by atoms with Gasteiger partial charge in [-0.25, -0.2) is 4.98 Å². The van der Waals surface area contributed by atoms with Crippen molar-refractivity contribution in [3.63, 3.8) is 0 Å². The maximum atomic E-state index is 5.48. The molecule has 0 bridgehead atoms. The van der Waals surface area contributed by atoms with E-state index >= 15 is 0 Å². The van der Waals surface area contributed by atoms with Crippen molar-refractivity contribution in [1.29, 1.82) is 0 Å². The number of fused-ring (bicyclic) bond motifs is 4. The Bertz CT molecular complexity index is 2350. The van der Waals surface area contributed by atoms with Crippen molar-refractivity contribution >= 4 is 11.0 Å². The summed E-state index contributed by atoms with van der Waals surface area (Å²) in [6.07, 6.45) is 6.39. The lowest BCUT2D eigenvalue weighted by Crippen LogP contribution is -2.21. The van der Waals surface area contributed by atoms with Gasteiger partial charge in [0.05, 0.1) is 22.4 Å². The smallest absolute Gasteiger partial charge is 0.145 e. The lowest BCUT2D eigenvalue weighted by atomic mass is 9.77. The molecule has 0 saturated carbocycles. The molecule has 7 aromatic rings. The zero-order chi connectivity index (χ0) is 33.3. The van der Waals surface area contributed by atoms with Crippen LogP contribution in [0.2, 0.25) is 0 Å². The highest BCUT2D eigenvalue weighted by Gasteiger charge is 2.43. The fourth-order valence-corrected chi connectivity index (χ4v) is 8.89. The fourth-order valence-electron chi connectivity index (χ4n) is 8.89. The first-order valence-corrected chi connectivity index (χ1v) is 17.6. The lowest BCUT2D eigenvalue weighted by Gasteiger charge is -2.27. The Hall–Kier alpha value is -5.28. The molecule has 3 nitrogen and oxygen atoms in total. The van der Waals surface area contributed by atoms with Crippen LogP contribution in [-0.4, -0.2) is 14.5 Å². The summed E-state index contributed by atoms with van der Waals surface area (Å²) in [5, 5.41) is 0. The first kappa shape index (κ1) is 29.8. The van der Waals surface area contributed by atoms with E-state index in [2.05, 4.69) is 146 Å². The van der Waals surface area contributed by atoms with Crippen molar-refractivity contribution in [1.82, 2.24) is 14.5 Å². The molecule has 3 heteroatoms. The molecular weight excluding hydrogens is 595 g/mol. The van der Waals surface area contributed by atoms with Crippen LogP contribution in [0.25, 0.3) is 39.4 Å². The van der Waals surface area contributed by atoms with Crippen LogP contribution in [0.1, 0.15) is 58.4 Å². The second kappa shape index (κ2) is 11.1. The number of imidazole rings is 1. The Morgan fingerprint density at radius 3 is 1.94 bits per heavy atom. The molecular formula is C46H41N3. The number of para-hydroxylation sites is 1. The fraction of sp³-hybridized carbons (Fsp3) is 0.217. The van der Waals surface area contributed by atoms with Gasteiger partial charge in [0.2, 0.25) is 0 Å². The summed E-state index contributed by atoms with van der Waals surface area (Å²) in [4.78, 5) is 10.1. The van der Waals surface area contributed by atoms with Gasteiger partial charge in [-0.15, -0.1) is 0 Å². The Kier molecular flexibility index (Phi) is 6.78. The number of rotatable bonds is 5. The number of benzene rings is 5. The Morgan fingerprint density at radius 2 is 1.24 bits per heavy atom. The predicted octanol–water partition coefficient (Wildman–Crippen LogP) is 10.6. The molecule has 9 rings (SSSR count). The van der Waals surface area contributed by atoms with Crippen molar-refractivity contribution in [2.24, 2.45) is 5.41 Å². The second-order valence-electron chi connectivity index (χ2n) is 15.1. The minimum Gasteiger partial charge on any atom is -0.292 e. The van der Waals surface area contributed by atoms with Crippen molar-refractivity contribution in [2.45, 2.75) is 58.8 Å². The molecule has 2 aliphatic carbocycles. The minimum atomic E-state index is -0.235. The van der Waals surface area contributed by atoms with E-state index in [4.69, 9.17) is 4.98 Å². The number of nitrogens with zero attached hydrogens (tertiary/aromatic N) is 3. The van der Waals surface area contributed by atoms with Gasteiger partial charge < -0.3 is 0 Å². The Morgan fingerprint density at radius 1 is 0.612 bits per heavy atom. The molecule has 0 radical (unpaired) electrons. The highest BCUT2D eigenvalue weighted by atomic mass is 15.1. The van der Waals surface area contributed by atoms with Gasteiger partial charge in [-0.3, -0.25) is 9.55 Å². The Balaban J connectivity index is 1.19. The maximum absolute atomic E-state index is 5.48. The molecule has 0 aliphatic heterocycles. The number of hydrogen-bond acceptors (Lipinski definition) is 2. The summed E-state index contributed by atoms with van der Waals surface area (Å²) in [6.45, 7) is 9.13. The number of hydrogen-bond donors (Lipinski definition) is 0. The average molecular weight is 636 g/mol. The molecule has 0 saturated heterocycles. The average Bonchev–Trinajstić information content (AvgIpc) is 3.80. The molecule has 2 aliphatic rings. The first-order chi connectivity index (χ1) is 23.8. The van der Waals surface area contributed by atoms with E-state index in [1.807, 2.05) is 18.3 Å². The zero-order valence-electron chi connectivity index (χ0n) is 28.8. The molecule has 0 amide bonds. The van der Waals surface area contributed by atoms with Gasteiger partial charge in [-0.2, -0.15) is 0 Å². The quantitative estimate of drug-likeness (QED) is 0.188. The molecule has 2 heterocycles. The third-order valence-electron chi connectivity index (χ3n) is 11.4. The van der Waals surface area contributed by atoms with Crippen molar-refractivity contribution < 1.29 is 0 Å². The van der Waals surface area contributed by atoms with Gasteiger partial charge in [-0.1, -0.05) is 105 Å². The second-order valence-corrected chi connectivity index (χ2v) is 15.1. The van der Waals surface area contributed by atoms with E-state index in [1.165, 1.54) is 55.7 Å².